The van der Waals surface area contributed by atoms with Crippen molar-refractivity contribution < 1.29 is 24.8 Å². The van der Waals surface area contributed by atoms with Crippen LogP contribution in [0.15, 0.2) is 18.2 Å². The van der Waals surface area contributed by atoms with Crippen LogP contribution in [0.2, 0.25) is 0 Å². The third-order valence-corrected chi connectivity index (χ3v) is 2.79. The van der Waals surface area contributed by atoms with E-state index < -0.39 is 0 Å². The van der Waals surface area contributed by atoms with E-state index in [-0.39, 0.29) is 19.6 Å². The Morgan fingerprint density at radius 1 is 1.18 bits per heavy atom. The number of ether oxygens (including phenoxy) is 3. The van der Waals surface area contributed by atoms with Crippen molar-refractivity contribution in [2.45, 2.75) is 19.8 Å². The number of carbonyl (C=O) groups excluding carboxylic acids is 1. The first-order valence-electron chi connectivity index (χ1n) is 7.38. The van der Waals surface area contributed by atoms with Crippen LogP contribution in [0.1, 0.15) is 21.2 Å². The Labute approximate surface area is 132 Å². The lowest BCUT2D eigenvalue weighted by atomic mass is 10.3. The van der Waals surface area contributed by atoms with Crippen molar-refractivity contribution in [3.63, 3.8) is 0 Å². The van der Waals surface area contributed by atoms with E-state index >= 15 is 0 Å². The molecule has 1 aromatic rings. The van der Waals surface area contributed by atoms with Crippen LogP contribution in [-0.2, 0) is 14.3 Å². The predicted octanol–water partition coefficient (Wildman–Crippen LogP) is 2.89. The maximum atomic E-state index is 13.5. The van der Waals surface area contributed by atoms with Crippen molar-refractivity contribution in [2.24, 2.45) is 0 Å². The summed E-state index contributed by atoms with van der Waals surface area (Å²) in [6.07, 6.45) is 1.48. The van der Waals surface area contributed by atoms with Crippen LogP contribution in [0.4, 0.5) is 10.1 Å². The molecule has 0 unspecified atom stereocenters. The molecule has 0 amide bonds. The third kappa shape index (κ3) is 7.95. The Balaban J connectivity index is 0.00000484. The fourth-order valence-corrected chi connectivity index (χ4v) is 1.72. The maximum Gasteiger partial charge on any atom is 0.155 e. The molecule has 22 heavy (non-hydrogen) atoms. The van der Waals surface area contributed by atoms with Gasteiger partial charge in [-0.25, -0.2) is 4.39 Å². The third-order valence-electron chi connectivity index (χ3n) is 2.79. The number of halogens is 1. The van der Waals surface area contributed by atoms with Crippen LogP contribution in [-0.4, -0.2) is 45.9 Å². The SMILES string of the molecule is CNc1ccc(OCCCOCCCOCC(C)=O)cc1F.[HH]. The topological polar surface area (TPSA) is 56.8 Å². The largest absolute Gasteiger partial charge is 0.493 e. The fourth-order valence-electron chi connectivity index (χ4n) is 1.72. The quantitative estimate of drug-likeness (QED) is 0.601. The molecule has 126 valence electrons. The molecular formula is C16H26FNO4. The van der Waals surface area contributed by atoms with E-state index in [0.29, 0.717) is 37.9 Å². The van der Waals surface area contributed by atoms with Crippen molar-refractivity contribution in [3.8, 4) is 5.75 Å². The van der Waals surface area contributed by atoms with Crippen LogP contribution in [0.5, 0.6) is 5.75 Å². The summed E-state index contributed by atoms with van der Waals surface area (Å²) >= 11 is 0. The average molecular weight is 315 g/mol. The van der Waals surface area contributed by atoms with E-state index in [9.17, 15) is 9.18 Å². The van der Waals surface area contributed by atoms with Crippen molar-refractivity contribution in [2.75, 3.05) is 45.4 Å². The minimum atomic E-state index is -0.332. The van der Waals surface area contributed by atoms with E-state index in [1.807, 2.05) is 0 Å². The summed E-state index contributed by atoms with van der Waals surface area (Å²) < 4.78 is 29.5. The Bertz CT molecular complexity index is 460. The van der Waals surface area contributed by atoms with Gasteiger partial charge in [-0.05, 0) is 25.5 Å². The van der Waals surface area contributed by atoms with Gasteiger partial charge in [0.1, 0.15) is 18.2 Å². The van der Waals surface area contributed by atoms with Gasteiger partial charge in [-0.15, -0.1) is 0 Å². The highest BCUT2D eigenvalue weighted by Crippen LogP contribution is 2.20. The van der Waals surface area contributed by atoms with Crippen molar-refractivity contribution >= 4 is 11.5 Å². The van der Waals surface area contributed by atoms with Crippen molar-refractivity contribution in [1.29, 1.82) is 0 Å². The van der Waals surface area contributed by atoms with Gasteiger partial charge in [-0.3, -0.25) is 4.79 Å². The molecule has 0 saturated carbocycles. The number of rotatable bonds is 12. The molecule has 0 heterocycles. The molecule has 1 aromatic carbocycles. The molecule has 0 bridgehead atoms. The first-order chi connectivity index (χ1) is 10.6. The number of hydrogen-bond acceptors (Lipinski definition) is 5. The van der Waals surface area contributed by atoms with Gasteiger partial charge in [0, 0.05) is 40.8 Å². The van der Waals surface area contributed by atoms with Gasteiger partial charge in [0.2, 0.25) is 0 Å². The number of ketones is 1. The molecule has 1 rings (SSSR count). The van der Waals surface area contributed by atoms with Gasteiger partial charge in [0.15, 0.2) is 5.78 Å². The van der Waals surface area contributed by atoms with Crippen LogP contribution in [0, 0.1) is 5.82 Å². The molecule has 0 aliphatic rings. The minimum absolute atomic E-state index is 0. The first-order valence-corrected chi connectivity index (χ1v) is 7.38. The number of benzene rings is 1. The summed E-state index contributed by atoms with van der Waals surface area (Å²) in [5.41, 5.74) is 0.447. The minimum Gasteiger partial charge on any atom is -0.493 e. The number of nitrogens with one attached hydrogen (secondary N) is 1. The Morgan fingerprint density at radius 3 is 2.50 bits per heavy atom. The summed E-state index contributed by atoms with van der Waals surface area (Å²) in [6, 6.07) is 4.73. The lowest BCUT2D eigenvalue weighted by Crippen LogP contribution is -2.08. The zero-order valence-corrected chi connectivity index (χ0v) is 13.2. The van der Waals surface area contributed by atoms with Crippen LogP contribution in [0.25, 0.3) is 0 Å². The molecule has 0 fully saturated rings. The van der Waals surface area contributed by atoms with Gasteiger partial charge in [-0.1, -0.05) is 0 Å². The number of hydrogen-bond donors (Lipinski definition) is 1. The summed E-state index contributed by atoms with van der Waals surface area (Å²) in [7, 11) is 1.67. The Hall–Kier alpha value is -1.66. The van der Waals surface area contributed by atoms with Crippen LogP contribution < -0.4 is 10.1 Å². The summed E-state index contributed by atoms with van der Waals surface area (Å²) in [5, 5.41) is 2.75. The predicted molar refractivity (Wildman–Crippen MR) is 85.1 cm³/mol. The molecule has 0 radical (unpaired) electrons. The number of anilines is 1. The maximum absolute atomic E-state index is 13.5. The number of Topliss-reactive ketones (excluding diaryl/α,β-unsaturated/α-hetero) is 1. The molecule has 6 heteroatoms. The Kier molecular flexibility index (Phi) is 9.18. The zero-order valence-electron chi connectivity index (χ0n) is 13.2. The highest BCUT2D eigenvalue weighted by Gasteiger charge is 2.02. The fraction of sp³-hybridized carbons (Fsp3) is 0.562. The second-order valence-corrected chi connectivity index (χ2v) is 4.81. The van der Waals surface area contributed by atoms with Gasteiger partial charge >= 0.3 is 0 Å². The molecule has 1 N–H and O–H groups in total. The van der Waals surface area contributed by atoms with E-state index in [1.54, 1.807) is 19.2 Å². The molecule has 0 spiro atoms. The summed E-state index contributed by atoms with van der Waals surface area (Å²) in [5.74, 6) is 0.202. The monoisotopic (exact) mass is 315 g/mol. The van der Waals surface area contributed by atoms with E-state index in [0.717, 1.165) is 12.8 Å². The highest BCUT2D eigenvalue weighted by atomic mass is 19.1. The second kappa shape index (κ2) is 11.0. The lowest BCUT2D eigenvalue weighted by molar-refractivity contribution is -0.121. The highest BCUT2D eigenvalue weighted by molar-refractivity contribution is 5.76. The van der Waals surface area contributed by atoms with E-state index in [4.69, 9.17) is 14.2 Å². The van der Waals surface area contributed by atoms with Gasteiger partial charge in [-0.2, -0.15) is 0 Å². The van der Waals surface area contributed by atoms with Crippen LogP contribution in [0.3, 0.4) is 0 Å². The van der Waals surface area contributed by atoms with Gasteiger partial charge in [0.05, 0.1) is 12.3 Å². The number of carbonyl (C=O) groups is 1. The molecular weight excluding hydrogens is 289 g/mol. The van der Waals surface area contributed by atoms with Gasteiger partial charge < -0.3 is 19.5 Å². The summed E-state index contributed by atoms with van der Waals surface area (Å²) in [6.45, 7) is 3.81. The smallest absolute Gasteiger partial charge is 0.155 e. The first kappa shape index (κ1) is 18.4. The van der Waals surface area contributed by atoms with E-state index in [2.05, 4.69) is 5.32 Å². The van der Waals surface area contributed by atoms with Gasteiger partial charge in [0.25, 0.3) is 0 Å². The second-order valence-electron chi connectivity index (χ2n) is 4.81. The standard InChI is InChI=1S/C16H24FNO4.H2/c1-13(19)12-21-9-3-7-20-8-4-10-22-14-5-6-16(18-2)15(17)11-14;/h5-6,11,18H,3-4,7-10,12H2,1-2H3;1H. The van der Waals surface area contributed by atoms with Crippen molar-refractivity contribution in [3.05, 3.63) is 24.0 Å². The van der Waals surface area contributed by atoms with Crippen LogP contribution >= 0.6 is 0 Å². The zero-order chi connectivity index (χ0) is 16.2. The average Bonchev–Trinajstić information content (AvgIpc) is 2.49. The normalized spacial score (nSPS) is 10.5. The molecule has 5 nitrogen and oxygen atoms in total. The molecule has 0 aliphatic carbocycles. The van der Waals surface area contributed by atoms with Crippen molar-refractivity contribution in [1.82, 2.24) is 0 Å². The Morgan fingerprint density at radius 2 is 1.86 bits per heavy atom. The molecule has 0 atom stereocenters. The molecule has 0 aromatic heterocycles. The van der Waals surface area contributed by atoms with E-state index in [1.165, 1.54) is 13.0 Å². The molecule has 0 aliphatic heterocycles. The lowest BCUT2D eigenvalue weighted by Gasteiger charge is -2.09. The summed E-state index contributed by atoms with van der Waals surface area (Å²) in [4.78, 5) is 10.6. The molecule has 0 saturated heterocycles.